The number of methoxy groups -OCH3 is 1. The summed E-state index contributed by atoms with van der Waals surface area (Å²) in [5, 5.41) is 0. The molecule has 0 aliphatic heterocycles. The van der Waals surface area contributed by atoms with Crippen LogP contribution in [-0.2, 0) is 4.74 Å². The Morgan fingerprint density at radius 1 is 1.17 bits per heavy atom. The van der Waals surface area contributed by atoms with Crippen LogP contribution in [0.4, 0.5) is 13.2 Å². The zero-order chi connectivity index (χ0) is 9.19. The summed E-state index contributed by atoms with van der Waals surface area (Å²) in [7, 11) is 0.988. The minimum absolute atomic E-state index is 0.224. The molecule has 0 unspecified atom stereocenters. The Balaban J connectivity index is 2.44. The van der Waals surface area contributed by atoms with Crippen molar-refractivity contribution >= 4 is 0 Å². The molecule has 1 aliphatic carbocycles. The molecule has 0 aromatic rings. The predicted molar refractivity (Wildman–Crippen MR) is 38.8 cm³/mol. The van der Waals surface area contributed by atoms with Crippen LogP contribution < -0.4 is 0 Å². The number of hydrogen-bond acceptors (Lipinski definition) is 1. The van der Waals surface area contributed by atoms with Crippen molar-refractivity contribution in [2.75, 3.05) is 7.11 Å². The molecule has 4 heteroatoms. The molecule has 0 N–H and O–H groups in total. The monoisotopic (exact) mass is 182 g/mol. The van der Waals surface area contributed by atoms with Gasteiger partial charge in [0.25, 0.3) is 0 Å². The minimum atomic E-state index is -3.07. The second-order valence-corrected chi connectivity index (χ2v) is 3.21. The molecular formula is C8H13F3O. The van der Waals surface area contributed by atoms with E-state index in [4.69, 9.17) is 0 Å². The smallest absolute Gasteiger partial charge is 0.324 e. The molecule has 0 bridgehead atoms. The number of halogens is 3. The van der Waals surface area contributed by atoms with Gasteiger partial charge >= 0.3 is 6.11 Å². The van der Waals surface area contributed by atoms with Crippen molar-refractivity contribution in [3.63, 3.8) is 0 Å². The van der Waals surface area contributed by atoms with Crippen LogP contribution in [0.25, 0.3) is 0 Å². The Kier molecular flexibility index (Phi) is 2.99. The molecule has 0 saturated heterocycles. The molecule has 0 aromatic heterocycles. The molecule has 12 heavy (non-hydrogen) atoms. The van der Waals surface area contributed by atoms with Crippen LogP contribution in [0.5, 0.6) is 0 Å². The zero-order valence-corrected chi connectivity index (χ0v) is 7.03. The first-order valence-electron chi connectivity index (χ1n) is 4.13. The second kappa shape index (κ2) is 3.64. The Morgan fingerprint density at radius 2 is 1.67 bits per heavy atom. The summed E-state index contributed by atoms with van der Waals surface area (Å²) in [6.07, 6.45) is -3.04. The maximum atomic E-state index is 12.8. The third-order valence-electron chi connectivity index (χ3n) is 2.40. The number of ether oxygens (including phenoxy) is 1. The number of alkyl halides is 3. The van der Waals surface area contributed by atoms with Crippen LogP contribution >= 0.6 is 0 Å². The topological polar surface area (TPSA) is 9.23 Å². The Bertz CT molecular complexity index is 141. The summed E-state index contributed by atoms with van der Waals surface area (Å²) in [5.74, 6) is -0.797. The first kappa shape index (κ1) is 9.84. The van der Waals surface area contributed by atoms with Gasteiger partial charge in [-0.1, -0.05) is 0 Å². The van der Waals surface area contributed by atoms with Crippen molar-refractivity contribution in [3.05, 3.63) is 0 Å². The van der Waals surface area contributed by atoms with E-state index in [2.05, 4.69) is 4.74 Å². The summed E-state index contributed by atoms with van der Waals surface area (Å²) in [6.45, 7) is 0. The quantitative estimate of drug-likeness (QED) is 0.638. The first-order valence-corrected chi connectivity index (χ1v) is 4.13. The highest BCUT2D eigenvalue weighted by Crippen LogP contribution is 2.37. The molecule has 1 aliphatic rings. The fourth-order valence-electron chi connectivity index (χ4n) is 1.56. The average Bonchev–Trinajstić information content (AvgIpc) is 2.05. The summed E-state index contributed by atoms with van der Waals surface area (Å²) < 4.78 is 42.3. The van der Waals surface area contributed by atoms with Crippen LogP contribution in [0.2, 0.25) is 0 Å². The highest BCUT2D eigenvalue weighted by molar-refractivity contribution is 4.77. The fourth-order valence-corrected chi connectivity index (χ4v) is 1.56. The van der Waals surface area contributed by atoms with Crippen LogP contribution in [0.3, 0.4) is 0 Å². The van der Waals surface area contributed by atoms with Crippen molar-refractivity contribution in [1.82, 2.24) is 0 Å². The fraction of sp³-hybridized carbons (Fsp3) is 1.00. The lowest BCUT2D eigenvalue weighted by Gasteiger charge is -2.29. The maximum Gasteiger partial charge on any atom is 0.358 e. The van der Waals surface area contributed by atoms with Gasteiger partial charge in [0.05, 0.1) is 5.92 Å². The van der Waals surface area contributed by atoms with E-state index in [0.717, 1.165) is 7.11 Å². The van der Waals surface area contributed by atoms with Crippen LogP contribution in [-0.4, -0.2) is 19.4 Å². The van der Waals surface area contributed by atoms with Gasteiger partial charge < -0.3 is 4.74 Å². The molecule has 0 radical (unpaired) electrons. The lowest BCUT2D eigenvalue weighted by Crippen LogP contribution is -2.33. The van der Waals surface area contributed by atoms with Crippen molar-refractivity contribution in [1.29, 1.82) is 0 Å². The van der Waals surface area contributed by atoms with Gasteiger partial charge in [0, 0.05) is 7.11 Å². The zero-order valence-electron chi connectivity index (χ0n) is 7.03. The molecule has 1 nitrogen and oxygen atoms in total. The van der Waals surface area contributed by atoms with Crippen LogP contribution in [0.1, 0.15) is 25.7 Å². The largest absolute Gasteiger partial charge is 0.358 e. The van der Waals surface area contributed by atoms with Crippen molar-refractivity contribution in [2.45, 2.75) is 38.0 Å². The predicted octanol–water partition coefficient (Wildman–Crippen LogP) is 2.75. The molecule has 1 saturated carbocycles. The Hall–Kier alpha value is -0.250. The molecule has 0 heterocycles. The molecule has 0 aromatic carbocycles. The Labute approximate surface area is 69.9 Å². The molecule has 0 spiro atoms. The van der Waals surface area contributed by atoms with E-state index in [0.29, 0.717) is 0 Å². The van der Waals surface area contributed by atoms with Gasteiger partial charge in [-0.25, -0.2) is 4.39 Å². The molecule has 1 fully saturated rings. The third kappa shape index (κ3) is 2.12. The standard InChI is InChI=1S/C8H13F3O/c1-12-8(10,11)6-2-4-7(9)5-3-6/h6-7H,2-5H2,1H3. The van der Waals surface area contributed by atoms with Gasteiger partial charge in [-0.05, 0) is 25.7 Å². The van der Waals surface area contributed by atoms with Crippen molar-refractivity contribution < 1.29 is 17.9 Å². The van der Waals surface area contributed by atoms with Gasteiger partial charge in [-0.3, -0.25) is 0 Å². The number of rotatable bonds is 2. The van der Waals surface area contributed by atoms with E-state index >= 15 is 0 Å². The van der Waals surface area contributed by atoms with E-state index in [-0.39, 0.29) is 25.7 Å². The molecular weight excluding hydrogens is 169 g/mol. The van der Waals surface area contributed by atoms with Crippen molar-refractivity contribution in [2.24, 2.45) is 5.92 Å². The highest BCUT2D eigenvalue weighted by atomic mass is 19.3. The lowest BCUT2D eigenvalue weighted by molar-refractivity contribution is -0.262. The average molecular weight is 182 g/mol. The summed E-state index contributed by atoms with van der Waals surface area (Å²) in [4.78, 5) is 0. The maximum absolute atomic E-state index is 12.8. The lowest BCUT2D eigenvalue weighted by atomic mass is 9.87. The molecule has 72 valence electrons. The summed E-state index contributed by atoms with van der Waals surface area (Å²) in [5.41, 5.74) is 0. The minimum Gasteiger partial charge on any atom is -0.324 e. The van der Waals surface area contributed by atoms with Gasteiger partial charge in [0.1, 0.15) is 6.17 Å². The van der Waals surface area contributed by atoms with Gasteiger partial charge in [-0.15, -0.1) is 0 Å². The van der Waals surface area contributed by atoms with Gasteiger partial charge in [0.15, 0.2) is 0 Å². The van der Waals surface area contributed by atoms with E-state index in [1.807, 2.05) is 0 Å². The van der Waals surface area contributed by atoms with E-state index < -0.39 is 18.2 Å². The highest BCUT2D eigenvalue weighted by Gasteiger charge is 2.41. The van der Waals surface area contributed by atoms with Gasteiger partial charge in [0.2, 0.25) is 0 Å². The van der Waals surface area contributed by atoms with Crippen LogP contribution in [0.15, 0.2) is 0 Å². The molecule has 1 rings (SSSR count). The molecule has 0 amide bonds. The van der Waals surface area contributed by atoms with E-state index in [1.54, 1.807) is 0 Å². The van der Waals surface area contributed by atoms with E-state index in [1.165, 1.54) is 0 Å². The van der Waals surface area contributed by atoms with Crippen molar-refractivity contribution in [3.8, 4) is 0 Å². The first-order chi connectivity index (χ1) is 5.56. The summed E-state index contributed by atoms with van der Waals surface area (Å²) in [6, 6.07) is 0. The third-order valence-corrected chi connectivity index (χ3v) is 2.40. The Morgan fingerprint density at radius 3 is 2.08 bits per heavy atom. The summed E-state index contributed by atoms with van der Waals surface area (Å²) >= 11 is 0. The second-order valence-electron chi connectivity index (χ2n) is 3.21. The van der Waals surface area contributed by atoms with Crippen LogP contribution in [0, 0.1) is 5.92 Å². The number of hydrogen-bond donors (Lipinski definition) is 0. The van der Waals surface area contributed by atoms with E-state index in [9.17, 15) is 13.2 Å². The molecule has 0 atom stereocenters. The van der Waals surface area contributed by atoms with Gasteiger partial charge in [-0.2, -0.15) is 8.78 Å². The SMILES string of the molecule is COC(F)(F)C1CCC(F)CC1. The normalized spacial score (nSPS) is 32.0.